The lowest BCUT2D eigenvalue weighted by Crippen LogP contribution is -2.24. The van der Waals surface area contributed by atoms with Gasteiger partial charge in [0, 0.05) is 6.42 Å². The van der Waals surface area contributed by atoms with Gasteiger partial charge in [-0.25, -0.2) is 0 Å². The fourth-order valence-corrected chi connectivity index (χ4v) is 1.85. The first kappa shape index (κ1) is 13.9. The predicted octanol–water partition coefficient (Wildman–Crippen LogP) is 4.17. The SMILES string of the molecule is C=C(c1ccc(OC2CCCCO2)cc1)C(F)(F)F. The summed E-state index contributed by atoms with van der Waals surface area (Å²) < 4.78 is 48.3. The summed E-state index contributed by atoms with van der Waals surface area (Å²) >= 11 is 0. The Morgan fingerprint density at radius 2 is 1.89 bits per heavy atom. The average Bonchev–Trinajstić information content (AvgIpc) is 2.39. The third kappa shape index (κ3) is 3.73. The van der Waals surface area contributed by atoms with Gasteiger partial charge in [-0.05, 0) is 30.5 Å². The van der Waals surface area contributed by atoms with Crippen molar-refractivity contribution >= 4 is 5.57 Å². The Morgan fingerprint density at radius 3 is 2.42 bits per heavy atom. The third-order valence-corrected chi connectivity index (χ3v) is 2.95. The van der Waals surface area contributed by atoms with Gasteiger partial charge >= 0.3 is 6.18 Å². The number of allylic oxidation sites excluding steroid dienone is 1. The Bertz CT molecular complexity index is 431. The summed E-state index contributed by atoms with van der Waals surface area (Å²) in [4.78, 5) is 0. The highest BCUT2D eigenvalue weighted by Gasteiger charge is 2.32. The fourth-order valence-electron chi connectivity index (χ4n) is 1.85. The van der Waals surface area contributed by atoms with Crippen LogP contribution in [-0.2, 0) is 4.74 Å². The van der Waals surface area contributed by atoms with Crippen LogP contribution in [0.25, 0.3) is 5.57 Å². The van der Waals surface area contributed by atoms with Crippen molar-refractivity contribution in [1.82, 2.24) is 0 Å². The highest BCUT2D eigenvalue weighted by atomic mass is 19.4. The molecule has 1 aliphatic rings. The van der Waals surface area contributed by atoms with Crippen LogP contribution < -0.4 is 4.74 Å². The molecule has 19 heavy (non-hydrogen) atoms. The summed E-state index contributed by atoms with van der Waals surface area (Å²) in [5.74, 6) is 0.505. The van der Waals surface area contributed by atoms with Gasteiger partial charge in [-0.3, -0.25) is 0 Å². The molecule has 0 amide bonds. The zero-order valence-corrected chi connectivity index (χ0v) is 10.4. The molecule has 0 spiro atoms. The molecule has 2 nitrogen and oxygen atoms in total. The van der Waals surface area contributed by atoms with Gasteiger partial charge in [-0.1, -0.05) is 18.7 Å². The summed E-state index contributed by atoms with van der Waals surface area (Å²) in [6.45, 7) is 3.71. The summed E-state index contributed by atoms with van der Waals surface area (Å²) in [6, 6.07) is 5.72. The molecule has 1 saturated heterocycles. The van der Waals surface area contributed by atoms with E-state index in [0.29, 0.717) is 12.4 Å². The van der Waals surface area contributed by atoms with Crippen LogP contribution in [0.15, 0.2) is 30.8 Å². The predicted molar refractivity (Wildman–Crippen MR) is 65.8 cm³/mol. The van der Waals surface area contributed by atoms with Crippen molar-refractivity contribution < 1.29 is 22.6 Å². The minimum atomic E-state index is -4.41. The number of hydrogen-bond donors (Lipinski definition) is 0. The zero-order valence-electron chi connectivity index (χ0n) is 10.4. The van der Waals surface area contributed by atoms with E-state index in [4.69, 9.17) is 9.47 Å². The van der Waals surface area contributed by atoms with Crippen LogP contribution in [0.3, 0.4) is 0 Å². The molecule has 1 aliphatic heterocycles. The van der Waals surface area contributed by atoms with Gasteiger partial charge in [0.15, 0.2) is 6.29 Å². The van der Waals surface area contributed by atoms with Crippen LogP contribution in [0.5, 0.6) is 5.75 Å². The van der Waals surface area contributed by atoms with Crippen molar-refractivity contribution in [2.45, 2.75) is 31.7 Å². The molecule has 0 aliphatic carbocycles. The first-order valence-electron chi connectivity index (χ1n) is 6.11. The minimum Gasteiger partial charge on any atom is -0.465 e. The topological polar surface area (TPSA) is 18.5 Å². The molecule has 1 aromatic rings. The number of rotatable bonds is 3. The van der Waals surface area contributed by atoms with E-state index in [1.807, 2.05) is 0 Å². The molecule has 1 fully saturated rings. The largest absolute Gasteiger partial charge is 0.465 e. The van der Waals surface area contributed by atoms with Crippen molar-refractivity contribution in [2.24, 2.45) is 0 Å². The van der Waals surface area contributed by atoms with Crippen LogP contribution in [-0.4, -0.2) is 19.1 Å². The van der Waals surface area contributed by atoms with Crippen LogP contribution in [0.1, 0.15) is 24.8 Å². The Morgan fingerprint density at radius 1 is 1.21 bits per heavy atom. The fraction of sp³-hybridized carbons (Fsp3) is 0.429. The lowest BCUT2D eigenvalue weighted by atomic mass is 10.1. The lowest BCUT2D eigenvalue weighted by molar-refractivity contribution is -0.105. The van der Waals surface area contributed by atoms with Crippen molar-refractivity contribution in [3.8, 4) is 5.75 Å². The maximum Gasteiger partial charge on any atom is 0.416 e. The van der Waals surface area contributed by atoms with Crippen molar-refractivity contribution in [3.63, 3.8) is 0 Å². The van der Waals surface area contributed by atoms with Gasteiger partial charge in [0.25, 0.3) is 0 Å². The third-order valence-electron chi connectivity index (χ3n) is 2.95. The molecule has 5 heteroatoms. The molecule has 1 aromatic carbocycles. The first-order valence-corrected chi connectivity index (χ1v) is 6.11. The number of alkyl halides is 3. The summed E-state index contributed by atoms with van der Waals surface area (Å²) in [7, 11) is 0. The number of ether oxygens (including phenoxy) is 2. The van der Waals surface area contributed by atoms with E-state index in [1.54, 1.807) is 0 Å². The van der Waals surface area contributed by atoms with E-state index in [1.165, 1.54) is 24.3 Å². The van der Waals surface area contributed by atoms with Gasteiger partial charge in [0.05, 0.1) is 12.2 Å². The van der Waals surface area contributed by atoms with Crippen molar-refractivity contribution in [3.05, 3.63) is 36.4 Å². The molecule has 0 aromatic heterocycles. The molecular formula is C14H15F3O2. The van der Waals surface area contributed by atoms with E-state index >= 15 is 0 Å². The van der Waals surface area contributed by atoms with Gasteiger partial charge in [-0.2, -0.15) is 13.2 Å². The highest BCUT2D eigenvalue weighted by molar-refractivity contribution is 5.67. The van der Waals surface area contributed by atoms with E-state index in [0.717, 1.165) is 19.3 Å². The Kier molecular flexibility index (Phi) is 4.14. The van der Waals surface area contributed by atoms with Gasteiger partial charge in [0.2, 0.25) is 0 Å². The maximum atomic E-state index is 12.5. The maximum absolute atomic E-state index is 12.5. The number of benzene rings is 1. The van der Waals surface area contributed by atoms with E-state index < -0.39 is 11.7 Å². The second kappa shape index (κ2) is 5.65. The monoisotopic (exact) mass is 272 g/mol. The molecule has 1 unspecified atom stereocenters. The van der Waals surface area contributed by atoms with E-state index in [9.17, 15) is 13.2 Å². The Balaban J connectivity index is 2.00. The lowest BCUT2D eigenvalue weighted by Gasteiger charge is -2.23. The first-order chi connectivity index (χ1) is 8.97. The summed E-state index contributed by atoms with van der Waals surface area (Å²) in [5, 5.41) is 0. The molecule has 0 radical (unpaired) electrons. The zero-order chi connectivity index (χ0) is 13.9. The standard InChI is InChI=1S/C14H15F3O2/c1-10(14(15,16)17)11-5-7-12(8-6-11)19-13-4-2-3-9-18-13/h5-8,13H,1-4,9H2. The molecule has 1 heterocycles. The van der Waals surface area contributed by atoms with E-state index in [2.05, 4.69) is 6.58 Å². The van der Waals surface area contributed by atoms with Crippen LogP contribution >= 0.6 is 0 Å². The Hall–Kier alpha value is -1.49. The number of halogens is 3. The van der Waals surface area contributed by atoms with Crippen molar-refractivity contribution in [1.29, 1.82) is 0 Å². The van der Waals surface area contributed by atoms with Crippen LogP contribution in [0, 0.1) is 0 Å². The van der Waals surface area contributed by atoms with E-state index in [-0.39, 0.29) is 11.9 Å². The van der Waals surface area contributed by atoms with Gasteiger partial charge < -0.3 is 9.47 Å². The normalized spacial score (nSPS) is 20.1. The molecule has 0 bridgehead atoms. The van der Waals surface area contributed by atoms with Crippen LogP contribution in [0.4, 0.5) is 13.2 Å². The number of hydrogen-bond acceptors (Lipinski definition) is 2. The average molecular weight is 272 g/mol. The summed E-state index contributed by atoms with van der Waals surface area (Å²) in [5.41, 5.74) is -0.808. The second-order valence-corrected chi connectivity index (χ2v) is 4.41. The smallest absolute Gasteiger partial charge is 0.416 e. The highest BCUT2D eigenvalue weighted by Crippen LogP contribution is 2.33. The quantitative estimate of drug-likeness (QED) is 0.822. The molecule has 2 rings (SSSR count). The Labute approximate surface area is 109 Å². The minimum absolute atomic E-state index is 0.0458. The van der Waals surface area contributed by atoms with Crippen LogP contribution in [0.2, 0.25) is 0 Å². The second-order valence-electron chi connectivity index (χ2n) is 4.41. The molecule has 1 atom stereocenters. The molecule has 104 valence electrons. The molecule has 0 saturated carbocycles. The van der Waals surface area contributed by atoms with Crippen molar-refractivity contribution in [2.75, 3.05) is 6.61 Å². The summed E-state index contributed by atoms with van der Waals surface area (Å²) in [6.07, 6.45) is -1.85. The molecular weight excluding hydrogens is 257 g/mol. The van der Waals surface area contributed by atoms with Gasteiger partial charge in [0.1, 0.15) is 5.75 Å². The van der Waals surface area contributed by atoms with Gasteiger partial charge in [-0.15, -0.1) is 0 Å². The molecule has 0 N–H and O–H groups in total.